The van der Waals surface area contributed by atoms with Crippen molar-refractivity contribution >= 4 is 28.1 Å². The van der Waals surface area contributed by atoms with E-state index in [0.29, 0.717) is 5.56 Å². The Morgan fingerprint density at radius 1 is 1.29 bits per heavy atom. The second-order valence-electron chi connectivity index (χ2n) is 7.00. The minimum absolute atomic E-state index is 0.0430. The first-order valence-corrected chi connectivity index (χ1v) is 10.2. The SMILES string of the molecule is Cn1cc(-c2cc(C(=O)N3CCCC3c3nccs3)c3ccccc3n2)cn1. The van der Waals surface area contributed by atoms with Gasteiger partial charge in [-0.1, -0.05) is 18.2 Å². The van der Waals surface area contributed by atoms with Crippen LogP contribution in [0.15, 0.2) is 54.3 Å². The van der Waals surface area contributed by atoms with E-state index in [9.17, 15) is 4.79 Å². The number of thiazole rings is 1. The Balaban J connectivity index is 1.62. The zero-order valence-corrected chi connectivity index (χ0v) is 16.3. The number of benzene rings is 1. The predicted octanol–water partition coefficient (Wildman–Crippen LogP) is 4.07. The van der Waals surface area contributed by atoms with Gasteiger partial charge in [0.25, 0.3) is 5.91 Å². The summed E-state index contributed by atoms with van der Waals surface area (Å²) in [6, 6.07) is 9.78. The minimum atomic E-state index is 0.0430. The van der Waals surface area contributed by atoms with Crippen molar-refractivity contribution in [1.82, 2.24) is 24.6 Å². The second-order valence-corrected chi connectivity index (χ2v) is 7.93. The maximum atomic E-state index is 13.6. The number of hydrogen-bond donors (Lipinski definition) is 0. The lowest BCUT2D eigenvalue weighted by Gasteiger charge is -2.24. The van der Waals surface area contributed by atoms with E-state index in [1.54, 1.807) is 22.2 Å². The molecule has 1 unspecified atom stereocenters. The van der Waals surface area contributed by atoms with Gasteiger partial charge in [0.05, 0.1) is 29.0 Å². The van der Waals surface area contributed by atoms with Crippen LogP contribution in [0.5, 0.6) is 0 Å². The van der Waals surface area contributed by atoms with E-state index in [4.69, 9.17) is 4.98 Å². The number of fused-ring (bicyclic) bond motifs is 1. The molecule has 0 radical (unpaired) electrons. The number of aromatic nitrogens is 4. The summed E-state index contributed by atoms with van der Waals surface area (Å²) in [5, 5.41) is 8.11. The molecule has 3 aromatic heterocycles. The lowest BCUT2D eigenvalue weighted by atomic mass is 10.0. The number of aryl methyl sites for hydroxylation is 1. The van der Waals surface area contributed by atoms with Crippen LogP contribution in [0.2, 0.25) is 0 Å². The quantitative estimate of drug-likeness (QED) is 0.530. The highest BCUT2D eigenvalue weighted by Crippen LogP contribution is 2.35. The third kappa shape index (κ3) is 2.88. The summed E-state index contributed by atoms with van der Waals surface area (Å²) >= 11 is 1.61. The summed E-state index contributed by atoms with van der Waals surface area (Å²) < 4.78 is 1.74. The van der Waals surface area contributed by atoms with Crippen LogP contribution < -0.4 is 0 Å². The molecule has 28 heavy (non-hydrogen) atoms. The van der Waals surface area contributed by atoms with Crippen LogP contribution >= 0.6 is 11.3 Å². The van der Waals surface area contributed by atoms with Gasteiger partial charge in [0, 0.05) is 42.3 Å². The maximum Gasteiger partial charge on any atom is 0.255 e. The van der Waals surface area contributed by atoms with Crippen molar-refractivity contribution < 1.29 is 4.79 Å². The molecule has 4 heterocycles. The zero-order valence-electron chi connectivity index (χ0n) is 15.4. The Morgan fingerprint density at radius 3 is 2.96 bits per heavy atom. The molecule has 0 spiro atoms. The largest absolute Gasteiger partial charge is 0.329 e. The van der Waals surface area contributed by atoms with Gasteiger partial charge in [-0.3, -0.25) is 9.48 Å². The van der Waals surface area contributed by atoms with Crippen molar-refractivity contribution in [2.45, 2.75) is 18.9 Å². The monoisotopic (exact) mass is 389 g/mol. The lowest BCUT2D eigenvalue weighted by Crippen LogP contribution is -2.30. The van der Waals surface area contributed by atoms with Gasteiger partial charge in [-0.05, 0) is 25.0 Å². The molecule has 1 atom stereocenters. The maximum absolute atomic E-state index is 13.6. The molecule has 0 aliphatic carbocycles. The highest BCUT2D eigenvalue weighted by Gasteiger charge is 2.33. The van der Waals surface area contributed by atoms with E-state index < -0.39 is 0 Å². The average Bonchev–Trinajstić information content (AvgIpc) is 3.47. The lowest BCUT2D eigenvalue weighted by molar-refractivity contribution is 0.0737. The molecule has 1 fully saturated rings. The van der Waals surface area contributed by atoms with Crippen molar-refractivity contribution in [2.75, 3.05) is 6.54 Å². The number of hydrogen-bond acceptors (Lipinski definition) is 5. The fraction of sp³-hybridized carbons (Fsp3) is 0.238. The number of pyridine rings is 1. The van der Waals surface area contributed by atoms with Gasteiger partial charge in [0.15, 0.2) is 0 Å². The van der Waals surface area contributed by atoms with Gasteiger partial charge in [0.2, 0.25) is 0 Å². The fourth-order valence-corrected chi connectivity index (χ4v) is 4.66. The Kier molecular flexibility index (Phi) is 4.16. The molecular weight excluding hydrogens is 370 g/mol. The van der Waals surface area contributed by atoms with E-state index >= 15 is 0 Å². The first kappa shape index (κ1) is 17.1. The standard InChI is InChI=1S/C21H19N5OS/c1-25-13-14(12-23-25)18-11-16(15-5-2-3-6-17(15)24-18)21(27)26-9-4-7-19(26)20-22-8-10-28-20/h2-3,5-6,8,10-13,19H,4,7,9H2,1H3. The number of amides is 1. The van der Waals surface area contributed by atoms with E-state index in [0.717, 1.165) is 46.6 Å². The van der Waals surface area contributed by atoms with Gasteiger partial charge >= 0.3 is 0 Å². The van der Waals surface area contributed by atoms with Crippen LogP contribution in [0.4, 0.5) is 0 Å². The molecule has 1 aliphatic rings. The molecule has 140 valence electrons. The van der Waals surface area contributed by atoms with Crippen molar-refractivity contribution in [3.05, 3.63) is 64.9 Å². The molecule has 0 N–H and O–H groups in total. The second kappa shape index (κ2) is 6.83. The molecule has 1 amide bonds. The molecule has 7 heteroatoms. The molecule has 5 rings (SSSR count). The van der Waals surface area contributed by atoms with Crippen LogP contribution in [0.1, 0.15) is 34.2 Å². The summed E-state index contributed by atoms with van der Waals surface area (Å²) in [4.78, 5) is 24.8. The number of carbonyl (C=O) groups is 1. The third-order valence-corrected chi connectivity index (χ3v) is 6.07. The Hall–Kier alpha value is -3.06. The zero-order chi connectivity index (χ0) is 19.1. The Labute approximate surface area is 166 Å². The highest BCUT2D eigenvalue weighted by atomic mass is 32.1. The van der Waals surface area contributed by atoms with E-state index in [1.165, 1.54) is 0 Å². The number of rotatable bonds is 3. The van der Waals surface area contributed by atoms with Crippen molar-refractivity contribution in [3.8, 4) is 11.3 Å². The predicted molar refractivity (Wildman–Crippen MR) is 109 cm³/mol. The van der Waals surface area contributed by atoms with Crippen LogP contribution in [0, 0.1) is 0 Å². The summed E-state index contributed by atoms with van der Waals surface area (Å²) in [6.07, 6.45) is 7.45. The van der Waals surface area contributed by atoms with Gasteiger partial charge in [-0.2, -0.15) is 5.10 Å². The number of likely N-dealkylation sites (tertiary alicyclic amines) is 1. The first-order chi connectivity index (χ1) is 13.7. The highest BCUT2D eigenvalue weighted by molar-refractivity contribution is 7.09. The molecule has 4 aromatic rings. The van der Waals surface area contributed by atoms with Crippen molar-refractivity contribution in [1.29, 1.82) is 0 Å². The van der Waals surface area contributed by atoms with Gasteiger partial charge in [-0.25, -0.2) is 9.97 Å². The summed E-state index contributed by atoms with van der Waals surface area (Å²) in [5.41, 5.74) is 3.17. The Bertz CT molecular complexity index is 1150. The number of carbonyl (C=O) groups excluding carboxylic acids is 1. The minimum Gasteiger partial charge on any atom is -0.329 e. The molecule has 0 bridgehead atoms. The van der Waals surface area contributed by atoms with E-state index in [2.05, 4.69) is 10.1 Å². The van der Waals surface area contributed by atoms with Gasteiger partial charge in [-0.15, -0.1) is 11.3 Å². The summed E-state index contributed by atoms with van der Waals surface area (Å²) in [7, 11) is 1.87. The topological polar surface area (TPSA) is 63.9 Å². The van der Waals surface area contributed by atoms with Gasteiger partial charge < -0.3 is 4.90 Å². The van der Waals surface area contributed by atoms with Crippen LogP contribution in [0.3, 0.4) is 0 Å². The van der Waals surface area contributed by atoms with Gasteiger partial charge in [0.1, 0.15) is 5.01 Å². The summed E-state index contributed by atoms with van der Waals surface area (Å²) in [6.45, 7) is 0.752. The van der Waals surface area contributed by atoms with Crippen molar-refractivity contribution in [3.63, 3.8) is 0 Å². The molecule has 1 aliphatic heterocycles. The van der Waals surface area contributed by atoms with Crippen LogP contribution in [-0.4, -0.2) is 37.1 Å². The first-order valence-electron chi connectivity index (χ1n) is 9.30. The summed E-state index contributed by atoms with van der Waals surface area (Å²) in [5.74, 6) is 0.0430. The number of nitrogens with zero attached hydrogens (tertiary/aromatic N) is 5. The molecule has 0 saturated carbocycles. The molecular formula is C21H19N5OS. The Morgan fingerprint density at radius 2 is 2.18 bits per heavy atom. The fourth-order valence-electron chi connectivity index (χ4n) is 3.87. The van der Waals surface area contributed by atoms with Crippen LogP contribution in [0.25, 0.3) is 22.2 Å². The average molecular weight is 389 g/mol. The van der Waals surface area contributed by atoms with E-state index in [-0.39, 0.29) is 11.9 Å². The molecule has 1 aromatic carbocycles. The molecule has 6 nitrogen and oxygen atoms in total. The normalized spacial score (nSPS) is 16.8. The smallest absolute Gasteiger partial charge is 0.255 e. The number of para-hydroxylation sites is 1. The van der Waals surface area contributed by atoms with E-state index in [1.807, 2.05) is 60.1 Å². The third-order valence-electron chi connectivity index (χ3n) is 5.20. The van der Waals surface area contributed by atoms with Crippen molar-refractivity contribution in [2.24, 2.45) is 7.05 Å². The molecule has 1 saturated heterocycles. The van der Waals surface area contributed by atoms with Crippen LogP contribution in [-0.2, 0) is 7.05 Å².